The summed E-state index contributed by atoms with van der Waals surface area (Å²) in [6, 6.07) is 16.5. The van der Waals surface area contributed by atoms with E-state index in [0.29, 0.717) is 19.6 Å². The van der Waals surface area contributed by atoms with Gasteiger partial charge < -0.3 is 20.0 Å². The van der Waals surface area contributed by atoms with Crippen LogP contribution in [0.3, 0.4) is 0 Å². The van der Waals surface area contributed by atoms with Crippen LogP contribution in [0.25, 0.3) is 11.1 Å². The summed E-state index contributed by atoms with van der Waals surface area (Å²) in [5, 5.41) is 13.1. The maximum atomic E-state index is 12.0. The van der Waals surface area contributed by atoms with Crippen molar-refractivity contribution in [2.45, 2.75) is 38.0 Å². The van der Waals surface area contributed by atoms with Crippen LogP contribution in [0.1, 0.15) is 49.1 Å². The molecule has 0 aromatic heterocycles. The minimum absolute atomic E-state index is 0.0628. The number of carboxylic acid groups (broad SMARTS) is 1. The van der Waals surface area contributed by atoms with Crippen molar-refractivity contribution in [3.63, 3.8) is 0 Å². The average Bonchev–Trinajstić information content (AvgIpc) is 2.99. The van der Waals surface area contributed by atoms with Gasteiger partial charge in [0, 0.05) is 18.4 Å². The predicted molar refractivity (Wildman–Crippen MR) is 101 cm³/mol. The second kappa shape index (κ2) is 9.21. The Labute approximate surface area is 159 Å². The first-order chi connectivity index (χ1) is 13.2. The molecule has 1 aliphatic carbocycles. The van der Waals surface area contributed by atoms with Crippen LogP contribution in [0.4, 0.5) is 4.79 Å². The van der Waals surface area contributed by atoms with E-state index in [-0.39, 0.29) is 12.3 Å². The molecule has 27 heavy (non-hydrogen) atoms. The van der Waals surface area contributed by atoms with E-state index in [0.717, 1.165) is 19.3 Å². The zero-order chi connectivity index (χ0) is 19.1. The Morgan fingerprint density at radius 2 is 1.48 bits per heavy atom. The Morgan fingerprint density at radius 1 is 0.889 bits per heavy atom. The summed E-state index contributed by atoms with van der Waals surface area (Å²) in [4.78, 5) is 22.3. The average molecular weight is 366 g/mol. The molecule has 0 saturated carbocycles. The fourth-order valence-corrected chi connectivity index (χ4v) is 3.59. The number of aliphatic carboxylic acids is 1. The molecule has 5 nitrogen and oxygen atoms in total. The summed E-state index contributed by atoms with van der Waals surface area (Å²) in [5.74, 6) is -0.945. The highest BCUT2D eigenvalue weighted by Gasteiger charge is 2.28. The van der Waals surface area contributed by atoms with E-state index in [2.05, 4.69) is 29.6 Å². The van der Waals surface area contributed by atoms with E-state index in [1.807, 2.05) is 24.3 Å². The first kappa shape index (κ1) is 19.0. The van der Waals surface area contributed by atoms with Gasteiger partial charge >= 0.3 is 6.09 Å². The molecule has 5 heteroatoms. The molecule has 2 aromatic rings. The van der Waals surface area contributed by atoms with Crippen molar-refractivity contribution >= 4 is 12.1 Å². The Bertz CT molecular complexity index is 757. The van der Waals surface area contributed by atoms with Crippen LogP contribution in [-0.4, -0.2) is 25.2 Å². The number of fused-ring (bicyclic) bond motifs is 3. The molecule has 0 heterocycles. The first-order valence-corrected chi connectivity index (χ1v) is 9.45. The third-order valence-electron chi connectivity index (χ3n) is 4.92. The molecule has 1 amide bonds. The smallest absolute Gasteiger partial charge is 0.407 e. The van der Waals surface area contributed by atoms with Crippen molar-refractivity contribution in [3.8, 4) is 11.1 Å². The lowest BCUT2D eigenvalue weighted by Crippen LogP contribution is -2.27. The number of alkyl carbamates (subject to hydrolysis) is 1. The van der Waals surface area contributed by atoms with Gasteiger partial charge in [0.15, 0.2) is 0 Å². The van der Waals surface area contributed by atoms with Gasteiger partial charge in [-0.25, -0.2) is 4.79 Å². The second-order valence-electron chi connectivity index (χ2n) is 6.79. The van der Waals surface area contributed by atoms with Crippen LogP contribution >= 0.6 is 0 Å². The molecule has 0 fully saturated rings. The van der Waals surface area contributed by atoms with Crippen molar-refractivity contribution in [2.75, 3.05) is 13.2 Å². The predicted octanol–water partition coefficient (Wildman–Crippen LogP) is 3.23. The van der Waals surface area contributed by atoms with Crippen LogP contribution in [0.5, 0.6) is 0 Å². The van der Waals surface area contributed by atoms with Crippen molar-refractivity contribution in [2.24, 2.45) is 0 Å². The fraction of sp³-hybridized carbons (Fsp3) is 0.364. The molecule has 0 spiro atoms. The van der Waals surface area contributed by atoms with Gasteiger partial charge in [0.05, 0.1) is 0 Å². The third-order valence-corrected chi connectivity index (χ3v) is 4.92. The lowest BCUT2D eigenvalue weighted by Gasteiger charge is -2.14. The molecule has 0 radical (unpaired) electrons. The van der Waals surface area contributed by atoms with E-state index >= 15 is 0 Å². The zero-order valence-electron chi connectivity index (χ0n) is 15.3. The third kappa shape index (κ3) is 4.88. The quantitative estimate of drug-likeness (QED) is 0.691. The van der Waals surface area contributed by atoms with Crippen molar-refractivity contribution < 1.29 is 19.4 Å². The number of unbranched alkanes of at least 4 members (excludes halogenated alkanes) is 3. The molecule has 0 bridgehead atoms. The van der Waals surface area contributed by atoms with Crippen LogP contribution < -0.4 is 10.4 Å². The van der Waals surface area contributed by atoms with E-state index in [1.165, 1.54) is 22.3 Å². The van der Waals surface area contributed by atoms with Crippen LogP contribution in [0.2, 0.25) is 0 Å². The number of hydrogen-bond donors (Lipinski definition) is 1. The normalized spacial score (nSPS) is 12.3. The molecule has 0 aliphatic heterocycles. The van der Waals surface area contributed by atoms with E-state index in [4.69, 9.17) is 4.74 Å². The molecule has 0 atom stereocenters. The summed E-state index contributed by atoms with van der Waals surface area (Å²) in [6.45, 7) is 0.841. The van der Waals surface area contributed by atoms with E-state index < -0.39 is 12.1 Å². The van der Waals surface area contributed by atoms with Gasteiger partial charge in [-0.3, -0.25) is 0 Å². The maximum absolute atomic E-state index is 12.0. The van der Waals surface area contributed by atoms with Gasteiger partial charge in [0.2, 0.25) is 0 Å². The molecule has 1 N–H and O–H groups in total. The Hall–Kier alpha value is -2.82. The summed E-state index contributed by atoms with van der Waals surface area (Å²) in [7, 11) is 0. The van der Waals surface area contributed by atoms with Crippen molar-refractivity contribution in [1.29, 1.82) is 0 Å². The SMILES string of the molecule is O=C([O-])CCCCCCNC(=O)OCC1c2ccccc2-c2ccccc21. The van der Waals surface area contributed by atoms with Gasteiger partial charge in [-0.15, -0.1) is 0 Å². The number of carboxylic acids is 1. The summed E-state index contributed by atoms with van der Waals surface area (Å²) in [5.41, 5.74) is 4.80. The molecular weight excluding hydrogens is 342 g/mol. The fourth-order valence-electron chi connectivity index (χ4n) is 3.59. The van der Waals surface area contributed by atoms with E-state index in [1.54, 1.807) is 0 Å². The lowest BCUT2D eigenvalue weighted by atomic mass is 9.98. The number of rotatable bonds is 9. The number of carbonyl (C=O) groups is 2. The minimum Gasteiger partial charge on any atom is -0.550 e. The lowest BCUT2D eigenvalue weighted by molar-refractivity contribution is -0.305. The van der Waals surface area contributed by atoms with Gasteiger partial charge in [-0.2, -0.15) is 0 Å². The standard InChI is InChI=1S/C22H25NO4/c24-21(25)13-3-1-2-8-14-23-22(26)27-15-20-18-11-6-4-9-16(18)17-10-5-7-12-19(17)20/h4-7,9-12,20H,1-3,8,13-15H2,(H,23,26)(H,24,25)/p-1. The summed E-state index contributed by atoms with van der Waals surface area (Å²) in [6.07, 6.45) is 2.80. The molecule has 0 unspecified atom stereocenters. The molecule has 3 rings (SSSR count). The number of ether oxygens (including phenoxy) is 1. The second-order valence-corrected chi connectivity index (χ2v) is 6.79. The highest BCUT2D eigenvalue weighted by Crippen LogP contribution is 2.44. The number of amides is 1. The molecule has 2 aromatic carbocycles. The highest BCUT2D eigenvalue weighted by atomic mass is 16.5. The highest BCUT2D eigenvalue weighted by molar-refractivity contribution is 5.79. The van der Waals surface area contributed by atoms with Crippen molar-refractivity contribution in [1.82, 2.24) is 5.32 Å². The van der Waals surface area contributed by atoms with Crippen LogP contribution in [0.15, 0.2) is 48.5 Å². The number of nitrogens with one attached hydrogen (secondary N) is 1. The van der Waals surface area contributed by atoms with Gasteiger partial charge in [-0.1, -0.05) is 61.4 Å². The molecule has 1 aliphatic rings. The van der Waals surface area contributed by atoms with Crippen LogP contribution in [-0.2, 0) is 9.53 Å². The number of hydrogen-bond acceptors (Lipinski definition) is 4. The maximum Gasteiger partial charge on any atom is 0.407 e. The zero-order valence-corrected chi connectivity index (χ0v) is 15.3. The summed E-state index contributed by atoms with van der Waals surface area (Å²) >= 11 is 0. The van der Waals surface area contributed by atoms with E-state index in [9.17, 15) is 14.7 Å². The molecular formula is C22H24NO4-. The number of benzene rings is 2. The van der Waals surface area contributed by atoms with Gasteiger partial charge in [-0.05, 0) is 41.5 Å². The molecule has 0 saturated heterocycles. The van der Waals surface area contributed by atoms with Crippen molar-refractivity contribution in [3.05, 3.63) is 59.7 Å². The Kier molecular flexibility index (Phi) is 6.47. The van der Waals surface area contributed by atoms with Gasteiger partial charge in [0.25, 0.3) is 0 Å². The summed E-state index contributed by atoms with van der Waals surface area (Å²) < 4.78 is 5.46. The largest absolute Gasteiger partial charge is 0.550 e. The van der Waals surface area contributed by atoms with Crippen LogP contribution in [0, 0.1) is 0 Å². The van der Waals surface area contributed by atoms with Gasteiger partial charge in [0.1, 0.15) is 6.61 Å². The topological polar surface area (TPSA) is 78.5 Å². The minimum atomic E-state index is -1.01. The number of carbonyl (C=O) groups excluding carboxylic acids is 2. The Morgan fingerprint density at radius 3 is 2.11 bits per heavy atom. The molecule has 142 valence electrons. The monoisotopic (exact) mass is 366 g/mol. The Balaban J connectivity index is 1.44. The first-order valence-electron chi connectivity index (χ1n) is 9.45.